The molecule has 1 rings (SSSR count). The molecule has 1 aliphatic rings. The number of hydrogen-bond acceptors (Lipinski definition) is 2. The van der Waals surface area contributed by atoms with Crippen molar-refractivity contribution in [1.29, 1.82) is 0 Å². The van der Waals surface area contributed by atoms with Crippen LogP contribution >= 0.6 is 11.6 Å². The molecule has 0 bridgehead atoms. The number of rotatable bonds is 4. The van der Waals surface area contributed by atoms with E-state index in [4.69, 9.17) is 16.3 Å². The van der Waals surface area contributed by atoms with E-state index in [1.165, 1.54) is 0 Å². The summed E-state index contributed by atoms with van der Waals surface area (Å²) in [6, 6.07) is 0. The molecule has 0 aromatic heterocycles. The summed E-state index contributed by atoms with van der Waals surface area (Å²) in [4.78, 5) is 0. The first-order valence-electron chi connectivity index (χ1n) is 6.13. The summed E-state index contributed by atoms with van der Waals surface area (Å²) in [7, 11) is 1.61. The molecule has 2 nitrogen and oxygen atoms in total. The van der Waals surface area contributed by atoms with Gasteiger partial charge in [0.25, 0.3) is 0 Å². The molecule has 1 N–H and O–H groups in total. The van der Waals surface area contributed by atoms with Crippen molar-refractivity contribution in [2.45, 2.75) is 45.8 Å². The molecule has 0 aromatic carbocycles. The molecule has 0 saturated carbocycles. The number of aliphatic hydroxyl groups is 1. The first-order valence-corrected chi connectivity index (χ1v) is 6.51. The fourth-order valence-electron chi connectivity index (χ4n) is 1.25. The van der Waals surface area contributed by atoms with Crippen LogP contribution in [0.4, 0.5) is 0 Å². The Morgan fingerprint density at radius 2 is 1.94 bits per heavy atom. The van der Waals surface area contributed by atoms with Gasteiger partial charge in [0.2, 0.25) is 0 Å². The highest BCUT2D eigenvalue weighted by molar-refractivity contribution is 6.48. The molecule has 1 aliphatic carbocycles. The maximum Gasteiger partial charge on any atom is 0.332 e. The zero-order chi connectivity index (χ0) is 14.0. The van der Waals surface area contributed by atoms with Crippen molar-refractivity contribution in [2.75, 3.05) is 0 Å². The fraction of sp³-hybridized carbons (Fsp3) is 0.571. The van der Waals surface area contributed by atoms with E-state index in [0.717, 1.165) is 5.47 Å². The van der Waals surface area contributed by atoms with Gasteiger partial charge in [-0.15, -0.1) is 0 Å². The van der Waals surface area contributed by atoms with E-state index in [9.17, 15) is 5.11 Å². The number of hydrogen-bond donors (Lipinski definition) is 1. The van der Waals surface area contributed by atoms with Crippen LogP contribution in [0.3, 0.4) is 0 Å². The first kappa shape index (κ1) is 15.6. The van der Waals surface area contributed by atoms with Gasteiger partial charge in [-0.1, -0.05) is 42.8 Å². The van der Waals surface area contributed by atoms with Crippen molar-refractivity contribution >= 4 is 19.1 Å². The number of halogens is 1. The van der Waals surface area contributed by atoms with Gasteiger partial charge in [0.15, 0.2) is 0 Å². The lowest BCUT2D eigenvalue weighted by Gasteiger charge is -2.37. The second-order valence-corrected chi connectivity index (χ2v) is 6.09. The van der Waals surface area contributed by atoms with Gasteiger partial charge in [-0.25, -0.2) is 0 Å². The van der Waals surface area contributed by atoms with Gasteiger partial charge >= 0.3 is 7.48 Å². The molecule has 0 fully saturated rings. The van der Waals surface area contributed by atoms with Gasteiger partial charge in [-0.2, -0.15) is 0 Å². The lowest BCUT2D eigenvalue weighted by molar-refractivity contribution is -0.0896. The van der Waals surface area contributed by atoms with E-state index < -0.39 is 11.2 Å². The minimum Gasteiger partial charge on any atom is -0.427 e. The largest absolute Gasteiger partial charge is 0.427 e. The van der Waals surface area contributed by atoms with Crippen LogP contribution in [-0.2, 0) is 4.65 Å². The van der Waals surface area contributed by atoms with Crippen molar-refractivity contribution in [3.8, 4) is 0 Å². The highest BCUT2D eigenvalue weighted by atomic mass is 35.5. The van der Waals surface area contributed by atoms with E-state index in [1.807, 2.05) is 32.1 Å². The molecule has 4 heteroatoms. The Kier molecular flexibility index (Phi) is 4.87. The Morgan fingerprint density at radius 3 is 2.50 bits per heavy atom. The van der Waals surface area contributed by atoms with Crippen LogP contribution in [0.2, 0.25) is 0 Å². The standard InChI is InChI=1S/C14H21BClO2/c1-10-7-6-8-11(12(16)9-10)15-18-14(4,5)13(2,3)17/h6-10,17H,1-5H3. The minimum absolute atomic E-state index is 0.307. The monoisotopic (exact) mass is 267 g/mol. The molecular formula is C14H21BClO2. The van der Waals surface area contributed by atoms with Crippen molar-refractivity contribution < 1.29 is 9.76 Å². The Labute approximate surface area is 116 Å². The summed E-state index contributed by atoms with van der Waals surface area (Å²) in [5.74, 6) is 0.307. The van der Waals surface area contributed by atoms with Crippen LogP contribution in [0.1, 0.15) is 34.6 Å². The summed E-state index contributed by atoms with van der Waals surface area (Å²) < 4.78 is 5.69. The summed E-state index contributed by atoms with van der Waals surface area (Å²) in [5, 5.41) is 10.7. The van der Waals surface area contributed by atoms with Gasteiger partial charge in [-0.05, 0) is 39.1 Å². The van der Waals surface area contributed by atoms with Gasteiger partial charge in [-0.3, -0.25) is 0 Å². The molecule has 0 heterocycles. The summed E-state index contributed by atoms with van der Waals surface area (Å²) >= 11 is 6.20. The van der Waals surface area contributed by atoms with Crippen LogP contribution in [-0.4, -0.2) is 23.8 Å². The van der Waals surface area contributed by atoms with Gasteiger partial charge in [0, 0.05) is 5.03 Å². The molecule has 1 unspecified atom stereocenters. The Bertz CT molecular complexity index is 389. The average molecular weight is 268 g/mol. The molecule has 1 atom stereocenters. The Balaban J connectivity index is 2.73. The zero-order valence-corrected chi connectivity index (χ0v) is 12.5. The molecular weight excluding hydrogens is 246 g/mol. The normalized spacial score (nSPS) is 21.2. The first-order chi connectivity index (χ1) is 8.13. The highest BCUT2D eigenvalue weighted by Gasteiger charge is 2.36. The van der Waals surface area contributed by atoms with Crippen molar-refractivity contribution in [1.82, 2.24) is 0 Å². The molecule has 0 spiro atoms. The van der Waals surface area contributed by atoms with E-state index in [0.29, 0.717) is 11.0 Å². The highest BCUT2D eigenvalue weighted by Crippen LogP contribution is 2.27. The Hall–Kier alpha value is -0.505. The molecule has 18 heavy (non-hydrogen) atoms. The topological polar surface area (TPSA) is 29.5 Å². The molecule has 0 amide bonds. The maximum atomic E-state index is 10.0. The molecule has 0 aliphatic heterocycles. The van der Waals surface area contributed by atoms with Crippen molar-refractivity contribution in [3.63, 3.8) is 0 Å². The van der Waals surface area contributed by atoms with Gasteiger partial charge in [0.05, 0.1) is 11.2 Å². The van der Waals surface area contributed by atoms with Crippen LogP contribution in [0.5, 0.6) is 0 Å². The van der Waals surface area contributed by atoms with Crippen LogP contribution < -0.4 is 0 Å². The molecule has 0 aromatic rings. The van der Waals surface area contributed by atoms with Gasteiger partial charge in [0.1, 0.15) is 0 Å². The van der Waals surface area contributed by atoms with Crippen LogP contribution in [0.25, 0.3) is 0 Å². The summed E-state index contributed by atoms with van der Waals surface area (Å²) in [6.07, 6.45) is 7.89. The Morgan fingerprint density at radius 1 is 1.33 bits per heavy atom. The van der Waals surface area contributed by atoms with E-state index in [2.05, 4.69) is 13.0 Å². The molecule has 0 saturated heterocycles. The zero-order valence-electron chi connectivity index (χ0n) is 11.7. The lowest BCUT2D eigenvalue weighted by Crippen LogP contribution is -2.48. The summed E-state index contributed by atoms with van der Waals surface area (Å²) in [6.45, 7) is 9.20. The van der Waals surface area contributed by atoms with Crippen LogP contribution in [0, 0.1) is 5.92 Å². The minimum atomic E-state index is -0.936. The third kappa shape index (κ3) is 4.01. The summed E-state index contributed by atoms with van der Waals surface area (Å²) in [5.41, 5.74) is -0.810. The number of allylic oxidation sites excluding steroid dienone is 6. The predicted molar refractivity (Wildman–Crippen MR) is 77.5 cm³/mol. The SMILES string of the molecule is CC1C=CC=C([B]OC(C)(C)C(C)(C)O)C(Cl)=C1. The van der Waals surface area contributed by atoms with E-state index in [-0.39, 0.29) is 0 Å². The van der Waals surface area contributed by atoms with Crippen LogP contribution in [0.15, 0.2) is 34.8 Å². The van der Waals surface area contributed by atoms with Gasteiger partial charge < -0.3 is 9.76 Å². The van der Waals surface area contributed by atoms with Crippen molar-refractivity contribution in [3.05, 3.63) is 34.8 Å². The van der Waals surface area contributed by atoms with E-state index >= 15 is 0 Å². The van der Waals surface area contributed by atoms with E-state index in [1.54, 1.807) is 21.3 Å². The second kappa shape index (κ2) is 5.64. The third-order valence-electron chi connectivity index (χ3n) is 3.33. The third-order valence-corrected chi connectivity index (χ3v) is 3.67. The van der Waals surface area contributed by atoms with Crippen molar-refractivity contribution in [2.24, 2.45) is 5.92 Å². The predicted octanol–water partition coefficient (Wildman–Crippen LogP) is 3.38. The average Bonchev–Trinajstić information content (AvgIpc) is 2.35. The quantitative estimate of drug-likeness (QED) is 0.791. The lowest BCUT2D eigenvalue weighted by atomic mass is 9.81. The second-order valence-electron chi connectivity index (χ2n) is 5.69. The molecule has 1 radical (unpaired) electrons. The fourth-order valence-corrected chi connectivity index (χ4v) is 1.55. The smallest absolute Gasteiger partial charge is 0.332 e. The maximum absolute atomic E-state index is 10.0. The molecule has 99 valence electrons.